The molecule has 0 bridgehead atoms. The van der Waals surface area contributed by atoms with Gasteiger partial charge in [0.15, 0.2) is 5.82 Å². The summed E-state index contributed by atoms with van der Waals surface area (Å²) in [5.41, 5.74) is 4.56. The molecule has 2 fully saturated rings. The molecular weight excluding hydrogens is 556 g/mol. The molecule has 0 unspecified atom stereocenters. The Morgan fingerprint density at radius 3 is 2.60 bits per heavy atom. The van der Waals surface area contributed by atoms with Crippen LogP contribution in [-0.2, 0) is 16.2 Å². The number of halogens is 2. The van der Waals surface area contributed by atoms with E-state index in [0.717, 1.165) is 49.7 Å². The van der Waals surface area contributed by atoms with Crippen molar-refractivity contribution in [2.24, 2.45) is 5.92 Å². The van der Waals surface area contributed by atoms with Crippen LogP contribution in [0.2, 0.25) is 0 Å². The standard InChI is InChI=1S/C32H33F2N5O4/c33-25-15-22(20-8-9-20)10-11-26(25)37-29-24(32(42)38-43-13-12-40)16-27-30(28(29)34)35-18-39(27)17-19-4-3-7-23(14-19)36-31(41)21-5-1-2-6-21/h3-4,7,10-11,14-16,18,20-21,37,40H,1-2,5-6,8-9,12-13,17H2,(H,36,41)(H,38,42). The van der Waals surface area contributed by atoms with Gasteiger partial charge in [0.1, 0.15) is 11.3 Å². The molecule has 43 heavy (non-hydrogen) atoms. The van der Waals surface area contributed by atoms with E-state index < -0.39 is 17.5 Å². The minimum atomic E-state index is -0.827. The van der Waals surface area contributed by atoms with Crippen molar-refractivity contribution < 1.29 is 28.3 Å². The Morgan fingerprint density at radius 2 is 1.86 bits per heavy atom. The van der Waals surface area contributed by atoms with Crippen molar-refractivity contribution in [2.45, 2.75) is 51.0 Å². The van der Waals surface area contributed by atoms with Crippen LogP contribution in [-0.4, -0.2) is 39.7 Å². The molecule has 9 nitrogen and oxygen atoms in total. The summed E-state index contributed by atoms with van der Waals surface area (Å²) in [7, 11) is 0. The number of hydrogen-bond acceptors (Lipinski definition) is 6. The largest absolute Gasteiger partial charge is 0.394 e. The summed E-state index contributed by atoms with van der Waals surface area (Å²) in [5, 5.41) is 14.8. The fraction of sp³-hybridized carbons (Fsp3) is 0.344. The molecule has 0 spiro atoms. The number of anilines is 3. The van der Waals surface area contributed by atoms with Crippen molar-refractivity contribution in [3.05, 3.63) is 83.2 Å². The number of benzene rings is 3. The lowest BCUT2D eigenvalue weighted by atomic mass is 10.1. The summed E-state index contributed by atoms with van der Waals surface area (Å²) in [6.07, 6.45) is 7.41. The lowest BCUT2D eigenvalue weighted by Crippen LogP contribution is -2.26. The van der Waals surface area contributed by atoms with Crippen LogP contribution >= 0.6 is 0 Å². The summed E-state index contributed by atoms with van der Waals surface area (Å²) >= 11 is 0. The highest BCUT2D eigenvalue weighted by molar-refractivity contribution is 6.04. The second kappa shape index (κ2) is 12.5. The molecule has 224 valence electrons. The number of hydrogen-bond donors (Lipinski definition) is 4. The normalized spacial score (nSPS) is 15.1. The number of imidazole rings is 1. The quantitative estimate of drug-likeness (QED) is 0.130. The Bertz CT molecular complexity index is 1660. The predicted molar refractivity (Wildman–Crippen MR) is 158 cm³/mol. The van der Waals surface area contributed by atoms with Crippen LogP contribution in [0.5, 0.6) is 0 Å². The number of carbonyl (C=O) groups is 2. The third-order valence-electron chi connectivity index (χ3n) is 8.03. The van der Waals surface area contributed by atoms with Gasteiger partial charge in [-0.1, -0.05) is 31.0 Å². The van der Waals surface area contributed by atoms with Crippen molar-refractivity contribution in [3.8, 4) is 0 Å². The van der Waals surface area contributed by atoms with E-state index in [1.165, 1.54) is 24.5 Å². The van der Waals surface area contributed by atoms with Gasteiger partial charge >= 0.3 is 0 Å². The number of amides is 2. The summed E-state index contributed by atoms with van der Waals surface area (Å²) in [5.74, 6) is -1.78. The van der Waals surface area contributed by atoms with E-state index in [2.05, 4.69) is 21.1 Å². The third-order valence-corrected chi connectivity index (χ3v) is 8.03. The summed E-state index contributed by atoms with van der Waals surface area (Å²) in [4.78, 5) is 35.0. The van der Waals surface area contributed by atoms with Crippen molar-refractivity contribution in [1.82, 2.24) is 15.0 Å². The highest BCUT2D eigenvalue weighted by atomic mass is 19.1. The number of aliphatic hydroxyl groups is 1. The van der Waals surface area contributed by atoms with Gasteiger partial charge in [-0.25, -0.2) is 19.2 Å². The van der Waals surface area contributed by atoms with E-state index in [9.17, 15) is 9.59 Å². The minimum Gasteiger partial charge on any atom is -0.394 e. The molecule has 11 heteroatoms. The molecule has 4 aromatic rings. The van der Waals surface area contributed by atoms with Crippen molar-refractivity contribution in [2.75, 3.05) is 23.8 Å². The number of aliphatic hydroxyl groups excluding tert-OH is 1. The van der Waals surface area contributed by atoms with Gasteiger partial charge in [-0.2, -0.15) is 0 Å². The van der Waals surface area contributed by atoms with E-state index >= 15 is 8.78 Å². The molecule has 3 aromatic carbocycles. The average molecular weight is 590 g/mol. The molecule has 2 saturated carbocycles. The molecule has 1 aromatic heterocycles. The van der Waals surface area contributed by atoms with E-state index in [1.807, 2.05) is 24.3 Å². The molecule has 2 amide bonds. The van der Waals surface area contributed by atoms with Gasteiger partial charge in [0.05, 0.1) is 42.0 Å². The fourth-order valence-electron chi connectivity index (χ4n) is 5.62. The predicted octanol–water partition coefficient (Wildman–Crippen LogP) is 5.77. The summed E-state index contributed by atoms with van der Waals surface area (Å²) in [6, 6.07) is 13.6. The first kappa shape index (κ1) is 28.8. The number of carbonyl (C=O) groups excluding carboxylic acids is 2. The Kier molecular flexibility index (Phi) is 8.35. The Balaban J connectivity index is 1.30. The van der Waals surface area contributed by atoms with Crippen LogP contribution in [0.1, 0.15) is 65.9 Å². The highest BCUT2D eigenvalue weighted by Gasteiger charge is 2.26. The molecule has 2 aliphatic carbocycles. The van der Waals surface area contributed by atoms with Crippen LogP contribution in [0.15, 0.2) is 54.9 Å². The van der Waals surface area contributed by atoms with Crippen LogP contribution < -0.4 is 16.1 Å². The van der Waals surface area contributed by atoms with E-state index in [0.29, 0.717) is 17.1 Å². The first-order chi connectivity index (χ1) is 20.9. The maximum absolute atomic E-state index is 16.1. The molecule has 6 rings (SSSR count). The maximum Gasteiger partial charge on any atom is 0.277 e. The van der Waals surface area contributed by atoms with E-state index in [-0.39, 0.29) is 54.0 Å². The molecule has 4 N–H and O–H groups in total. The number of nitrogens with one attached hydrogen (secondary N) is 3. The second-order valence-corrected chi connectivity index (χ2v) is 11.2. The third kappa shape index (κ3) is 6.37. The molecule has 1 heterocycles. The van der Waals surface area contributed by atoms with Gasteiger partial charge in [-0.05, 0) is 73.1 Å². The van der Waals surface area contributed by atoms with Crippen LogP contribution in [0.4, 0.5) is 25.8 Å². The number of nitrogens with zero attached hydrogens (tertiary/aromatic N) is 2. The maximum atomic E-state index is 16.1. The Labute approximate surface area is 247 Å². The van der Waals surface area contributed by atoms with E-state index in [4.69, 9.17) is 9.94 Å². The first-order valence-corrected chi connectivity index (χ1v) is 14.6. The molecular formula is C32H33F2N5O4. The van der Waals surface area contributed by atoms with Crippen LogP contribution in [0, 0.1) is 17.6 Å². The molecule has 0 atom stereocenters. The average Bonchev–Trinajstić information content (AvgIpc) is 3.54. The molecule has 0 saturated heterocycles. The Morgan fingerprint density at radius 1 is 1.05 bits per heavy atom. The van der Waals surface area contributed by atoms with Gasteiger partial charge in [0.2, 0.25) is 5.91 Å². The van der Waals surface area contributed by atoms with Gasteiger partial charge in [0.25, 0.3) is 5.91 Å². The van der Waals surface area contributed by atoms with Gasteiger partial charge in [-0.3, -0.25) is 14.4 Å². The van der Waals surface area contributed by atoms with Gasteiger partial charge in [-0.15, -0.1) is 0 Å². The summed E-state index contributed by atoms with van der Waals surface area (Å²) < 4.78 is 32.8. The molecule has 0 aliphatic heterocycles. The zero-order valence-electron chi connectivity index (χ0n) is 23.5. The fourth-order valence-corrected chi connectivity index (χ4v) is 5.62. The van der Waals surface area contributed by atoms with Crippen molar-refractivity contribution in [1.29, 1.82) is 0 Å². The topological polar surface area (TPSA) is 118 Å². The van der Waals surface area contributed by atoms with Crippen LogP contribution in [0.3, 0.4) is 0 Å². The number of aromatic nitrogens is 2. The molecule has 0 radical (unpaired) electrons. The lowest BCUT2D eigenvalue weighted by molar-refractivity contribution is -0.119. The summed E-state index contributed by atoms with van der Waals surface area (Å²) in [6.45, 7) is -0.207. The monoisotopic (exact) mass is 589 g/mol. The SMILES string of the molecule is O=C(NOCCO)c1cc2c(ncn2Cc2cccc(NC(=O)C3CCCC3)c2)c(F)c1Nc1ccc(C2CC2)cc1F. The lowest BCUT2D eigenvalue weighted by Gasteiger charge is -2.16. The highest BCUT2D eigenvalue weighted by Crippen LogP contribution is 2.41. The Hall–Kier alpha value is -4.35. The number of rotatable bonds is 11. The smallest absolute Gasteiger partial charge is 0.277 e. The number of fused-ring (bicyclic) bond motifs is 1. The van der Waals surface area contributed by atoms with Crippen molar-refractivity contribution in [3.63, 3.8) is 0 Å². The zero-order chi connectivity index (χ0) is 29.9. The second-order valence-electron chi connectivity index (χ2n) is 11.2. The minimum absolute atomic E-state index is 0.00368. The van der Waals surface area contributed by atoms with Crippen molar-refractivity contribution >= 4 is 39.9 Å². The zero-order valence-corrected chi connectivity index (χ0v) is 23.5. The van der Waals surface area contributed by atoms with Crippen LogP contribution in [0.25, 0.3) is 11.0 Å². The molecule has 2 aliphatic rings. The van der Waals surface area contributed by atoms with Gasteiger partial charge in [0, 0.05) is 18.2 Å². The van der Waals surface area contributed by atoms with E-state index in [1.54, 1.807) is 10.6 Å². The number of hydroxylamine groups is 1. The van der Waals surface area contributed by atoms with Gasteiger partial charge < -0.3 is 20.3 Å². The first-order valence-electron chi connectivity index (χ1n) is 14.6.